The van der Waals surface area contributed by atoms with E-state index in [1.54, 1.807) is 12.4 Å². The van der Waals surface area contributed by atoms with Crippen molar-refractivity contribution in [1.82, 2.24) is 15.2 Å². The van der Waals surface area contributed by atoms with E-state index in [-0.39, 0.29) is 11.8 Å². The Morgan fingerprint density at radius 2 is 2.18 bits per heavy atom. The van der Waals surface area contributed by atoms with Crippen LogP contribution in [0.3, 0.4) is 0 Å². The maximum Gasteiger partial charge on any atom is 0.227 e. The molecule has 1 fully saturated rings. The zero-order chi connectivity index (χ0) is 12.3. The highest BCUT2D eigenvalue weighted by atomic mass is 16.2. The third kappa shape index (κ3) is 2.82. The molecule has 1 N–H and O–H groups in total. The molecule has 1 saturated heterocycles. The minimum absolute atomic E-state index is 0.127. The van der Waals surface area contributed by atoms with Gasteiger partial charge >= 0.3 is 0 Å². The largest absolute Gasteiger partial charge is 0.341 e. The number of aromatic nitrogens is 1. The summed E-state index contributed by atoms with van der Waals surface area (Å²) in [7, 11) is 1.87. The Labute approximate surface area is 102 Å². The molecule has 4 nitrogen and oxygen atoms in total. The molecule has 1 aromatic heterocycles. The van der Waals surface area contributed by atoms with Crippen molar-refractivity contribution in [1.29, 1.82) is 0 Å². The number of nitrogens with one attached hydrogen (secondary N) is 1. The van der Waals surface area contributed by atoms with Gasteiger partial charge in [-0.15, -0.1) is 0 Å². The number of amides is 1. The van der Waals surface area contributed by atoms with Crippen molar-refractivity contribution in [3.05, 3.63) is 30.1 Å². The highest BCUT2D eigenvalue weighted by Crippen LogP contribution is 2.18. The normalized spacial score (nSPS) is 23.6. The van der Waals surface area contributed by atoms with Crippen LogP contribution in [0.2, 0.25) is 0 Å². The quantitative estimate of drug-likeness (QED) is 0.843. The average molecular weight is 233 g/mol. The smallest absolute Gasteiger partial charge is 0.227 e. The van der Waals surface area contributed by atoms with E-state index in [9.17, 15) is 4.79 Å². The van der Waals surface area contributed by atoms with E-state index >= 15 is 0 Å². The molecule has 0 bridgehead atoms. The third-order valence-corrected chi connectivity index (χ3v) is 3.38. The van der Waals surface area contributed by atoms with Crippen LogP contribution in [0.5, 0.6) is 0 Å². The van der Waals surface area contributed by atoms with Crippen molar-refractivity contribution in [3.63, 3.8) is 0 Å². The van der Waals surface area contributed by atoms with Gasteiger partial charge in [0.05, 0.1) is 5.92 Å². The van der Waals surface area contributed by atoms with Gasteiger partial charge in [0.1, 0.15) is 0 Å². The first-order valence-electron chi connectivity index (χ1n) is 6.03. The van der Waals surface area contributed by atoms with Gasteiger partial charge in [0.2, 0.25) is 5.91 Å². The molecule has 0 radical (unpaired) electrons. The number of hydrogen-bond acceptors (Lipinski definition) is 3. The Morgan fingerprint density at radius 1 is 1.47 bits per heavy atom. The zero-order valence-electron chi connectivity index (χ0n) is 10.4. The molecular formula is C13H19N3O. The first-order chi connectivity index (χ1) is 8.18. The molecule has 0 unspecified atom stereocenters. The standard InChI is InChI=1S/C13H19N3O/c1-10-7-15-8-12(10)13(17)16(2)9-11-3-5-14-6-4-11/h3-6,10,12,15H,7-9H2,1-2H3/t10-,12-/m1/s1. The minimum atomic E-state index is 0.127. The lowest BCUT2D eigenvalue weighted by atomic mass is 9.96. The molecule has 1 aliphatic heterocycles. The average Bonchev–Trinajstić information content (AvgIpc) is 2.76. The lowest BCUT2D eigenvalue weighted by Crippen LogP contribution is -2.35. The Kier molecular flexibility index (Phi) is 3.74. The van der Waals surface area contributed by atoms with Crippen molar-refractivity contribution in [2.45, 2.75) is 13.5 Å². The van der Waals surface area contributed by atoms with E-state index in [0.29, 0.717) is 12.5 Å². The van der Waals surface area contributed by atoms with Crippen molar-refractivity contribution in [2.75, 3.05) is 20.1 Å². The van der Waals surface area contributed by atoms with Crippen LogP contribution >= 0.6 is 0 Å². The van der Waals surface area contributed by atoms with Gasteiger partial charge in [-0.1, -0.05) is 6.92 Å². The number of carbonyl (C=O) groups is 1. The van der Waals surface area contributed by atoms with Gasteiger partial charge in [-0.05, 0) is 30.2 Å². The van der Waals surface area contributed by atoms with Gasteiger partial charge in [-0.3, -0.25) is 9.78 Å². The topological polar surface area (TPSA) is 45.2 Å². The Morgan fingerprint density at radius 3 is 2.76 bits per heavy atom. The summed E-state index contributed by atoms with van der Waals surface area (Å²) in [4.78, 5) is 18.0. The van der Waals surface area contributed by atoms with Crippen LogP contribution in [-0.4, -0.2) is 35.9 Å². The van der Waals surface area contributed by atoms with Crippen molar-refractivity contribution in [3.8, 4) is 0 Å². The van der Waals surface area contributed by atoms with E-state index in [1.165, 1.54) is 0 Å². The van der Waals surface area contributed by atoms with Crippen LogP contribution in [0.4, 0.5) is 0 Å². The highest BCUT2D eigenvalue weighted by Gasteiger charge is 2.31. The van der Waals surface area contributed by atoms with Crippen LogP contribution in [0.15, 0.2) is 24.5 Å². The molecule has 2 heterocycles. The molecule has 4 heteroatoms. The third-order valence-electron chi connectivity index (χ3n) is 3.38. The van der Waals surface area contributed by atoms with Gasteiger partial charge in [0, 0.05) is 32.5 Å². The molecule has 0 aromatic carbocycles. The van der Waals surface area contributed by atoms with Crippen molar-refractivity contribution in [2.24, 2.45) is 11.8 Å². The summed E-state index contributed by atoms with van der Waals surface area (Å²) in [6, 6.07) is 3.89. The summed E-state index contributed by atoms with van der Waals surface area (Å²) in [5.74, 6) is 0.795. The molecule has 1 aliphatic rings. The van der Waals surface area contributed by atoms with Crippen molar-refractivity contribution >= 4 is 5.91 Å². The second-order valence-electron chi connectivity index (χ2n) is 4.79. The molecule has 17 heavy (non-hydrogen) atoms. The van der Waals surface area contributed by atoms with Crippen LogP contribution in [0.1, 0.15) is 12.5 Å². The summed E-state index contributed by atoms with van der Waals surface area (Å²) in [6.45, 7) is 4.54. The van der Waals surface area contributed by atoms with Gasteiger partial charge < -0.3 is 10.2 Å². The number of nitrogens with zero attached hydrogens (tertiary/aromatic N) is 2. The molecule has 0 spiro atoms. The summed E-state index contributed by atoms with van der Waals surface area (Å²) < 4.78 is 0. The first-order valence-corrected chi connectivity index (χ1v) is 6.03. The Bertz CT molecular complexity index is 380. The van der Waals surface area contributed by atoms with Gasteiger partial charge in [-0.25, -0.2) is 0 Å². The predicted octanol–water partition coefficient (Wildman–Crippen LogP) is 0.895. The second-order valence-corrected chi connectivity index (χ2v) is 4.79. The number of carbonyl (C=O) groups excluding carboxylic acids is 1. The summed E-state index contributed by atoms with van der Waals surface area (Å²) in [5, 5.41) is 3.26. The molecule has 1 aromatic rings. The second kappa shape index (κ2) is 5.27. The molecule has 0 aliphatic carbocycles. The molecule has 2 rings (SSSR count). The SMILES string of the molecule is C[C@@H]1CNC[C@H]1C(=O)N(C)Cc1ccncc1. The van der Waals surface area contributed by atoms with E-state index in [1.807, 2.05) is 24.1 Å². The molecule has 2 atom stereocenters. The molecule has 1 amide bonds. The summed E-state index contributed by atoms with van der Waals surface area (Å²) >= 11 is 0. The first kappa shape index (κ1) is 12.0. The lowest BCUT2D eigenvalue weighted by Gasteiger charge is -2.22. The Hall–Kier alpha value is -1.42. The summed E-state index contributed by atoms with van der Waals surface area (Å²) in [6.07, 6.45) is 3.51. The summed E-state index contributed by atoms with van der Waals surface area (Å²) in [5.41, 5.74) is 1.12. The predicted molar refractivity (Wildman–Crippen MR) is 66.2 cm³/mol. The van der Waals surface area contributed by atoms with Gasteiger partial charge in [-0.2, -0.15) is 0 Å². The number of hydrogen-bond donors (Lipinski definition) is 1. The fourth-order valence-corrected chi connectivity index (χ4v) is 2.26. The molecular weight excluding hydrogens is 214 g/mol. The van der Waals surface area contributed by atoms with Gasteiger partial charge in [0.15, 0.2) is 0 Å². The Balaban J connectivity index is 1.96. The van der Waals surface area contributed by atoms with E-state index in [2.05, 4.69) is 17.2 Å². The monoisotopic (exact) mass is 233 g/mol. The maximum absolute atomic E-state index is 12.2. The van der Waals surface area contributed by atoms with Gasteiger partial charge in [0.25, 0.3) is 0 Å². The van der Waals surface area contributed by atoms with E-state index < -0.39 is 0 Å². The van der Waals surface area contributed by atoms with Crippen LogP contribution in [-0.2, 0) is 11.3 Å². The fourth-order valence-electron chi connectivity index (χ4n) is 2.26. The fraction of sp³-hybridized carbons (Fsp3) is 0.538. The van der Waals surface area contributed by atoms with Crippen LogP contribution < -0.4 is 5.32 Å². The zero-order valence-corrected chi connectivity index (χ0v) is 10.4. The highest BCUT2D eigenvalue weighted by molar-refractivity contribution is 5.79. The number of rotatable bonds is 3. The van der Waals surface area contributed by atoms with Crippen LogP contribution in [0, 0.1) is 11.8 Å². The van der Waals surface area contributed by atoms with E-state index in [0.717, 1.165) is 18.7 Å². The van der Waals surface area contributed by atoms with E-state index in [4.69, 9.17) is 0 Å². The molecule has 0 saturated carbocycles. The molecule has 92 valence electrons. The van der Waals surface area contributed by atoms with Crippen LogP contribution in [0.25, 0.3) is 0 Å². The number of pyridine rings is 1. The lowest BCUT2D eigenvalue weighted by molar-refractivity contribution is -0.135. The van der Waals surface area contributed by atoms with Crippen molar-refractivity contribution < 1.29 is 4.79 Å². The minimum Gasteiger partial charge on any atom is -0.341 e. The maximum atomic E-state index is 12.2.